The molecule has 3 aromatic rings. The molecule has 0 saturated heterocycles. The van der Waals surface area contributed by atoms with Crippen LogP contribution >= 0.6 is 11.8 Å². The Morgan fingerprint density at radius 1 is 1.17 bits per heavy atom. The number of benzene rings is 2. The van der Waals surface area contributed by atoms with Crippen LogP contribution in [0, 0.1) is 0 Å². The SMILES string of the molecule is COC[C@H](C)Oc1cc(Oc2cccc(SC)c2)cc(C(=O)Nc2ccn(C)n2)c1. The summed E-state index contributed by atoms with van der Waals surface area (Å²) >= 11 is 1.63. The van der Waals surface area contributed by atoms with Crippen LogP contribution in [0.25, 0.3) is 0 Å². The van der Waals surface area contributed by atoms with Crippen LogP contribution in [0.5, 0.6) is 17.2 Å². The van der Waals surface area contributed by atoms with Crippen LogP contribution in [-0.4, -0.2) is 41.8 Å². The summed E-state index contributed by atoms with van der Waals surface area (Å²) in [5, 5.41) is 6.97. The van der Waals surface area contributed by atoms with Crippen molar-refractivity contribution in [1.82, 2.24) is 9.78 Å². The molecule has 0 bridgehead atoms. The van der Waals surface area contributed by atoms with E-state index in [1.165, 1.54) is 0 Å². The molecule has 0 radical (unpaired) electrons. The lowest BCUT2D eigenvalue weighted by molar-refractivity contribution is 0.0915. The Hall–Kier alpha value is -2.97. The minimum absolute atomic E-state index is 0.184. The number of amides is 1. The summed E-state index contributed by atoms with van der Waals surface area (Å²) in [6, 6.07) is 14.6. The second-order valence-corrected chi connectivity index (χ2v) is 7.57. The first-order chi connectivity index (χ1) is 14.5. The number of carbonyl (C=O) groups is 1. The van der Waals surface area contributed by atoms with Gasteiger partial charge in [0.15, 0.2) is 5.82 Å². The summed E-state index contributed by atoms with van der Waals surface area (Å²) in [7, 11) is 3.40. The van der Waals surface area contributed by atoms with E-state index in [1.807, 2.05) is 37.4 Å². The fourth-order valence-corrected chi connectivity index (χ4v) is 3.25. The van der Waals surface area contributed by atoms with E-state index in [2.05, 4.69) is 10.4 Å². The number of aryl methyl sites for hydroxylation is 1. The zero-order valence-electron chi connectivity index (χ0n) is 17.4. The molecule has 1 atom stereocenters. The van der Waals surface area contributed by atoms with Gasteiger partial charge < -0.3 is 19.5 Å². The van der Waals surface area contributed by atoms with Crippen molar-refractivity contribution in [2.75, 3.05) is 25.3 Å². The minimum atomic E-state index is -0.304. The molecule has 3 rings (SSSR count). The van der Waals surface area contributed by atoms with Crippen molar-refractivity contribution in [3.8, 4) is 17.2 Å². The highest BCUT2D eigenvalue weighted by Crippen LogP contribution is 2.30. The Morgan fingerprint density at radius 3 is 2.67 bits per heavy atom. The highest BCUT2D eigenvalue weighted by molar-refractivity contribution is 7.98. The van der Waals surface area contributed by atoms with Crippen LogP contribution in [0.2, 0.25) is 0 Å². The van der Waals surface area contributed by atoms with E-state index in [4.69, 9.17) is 14.2 Å². The smallest absolute Gasteiger partial charge is 0.257 e. The van der Waals surface area contributed by atoms with E-state index in [0.717, 1.165) is 4.90 Å². The number of hydrogen-bond acceptors (Lipinski definition) is 6. The van der Waals surface area contributed by atoms with Crippen LogP contribution in [0.15, 0.2) is 59.6 Å². The molecule has 1 aromatic heterocycles. The lowest BCUT2D eigenvalue weighted by Gasteiger charge is -2.16. The van der Waals surface area contributed by atoms with Crippen LogP contribution in [0.1, 0.15) is 17.3 Å². The zero-order valence-corrected chi connectivity index (χ0v) is 18.2. The van der Waals surface area contributed by atoms with Gasteiger partial charge >= 0.3 is 0 Å². The van der Waals surface area contributed by atoms with Gasteiger partial charge in [0.1, 0.15) is 23.4 Å². The third-order valence-corrected chi connectivity index (χ3v) is 4.84. The molecule has 2 aromatic carbocycles. The Bertz CT molecular complexity index is 1010. The van der Waals surface area contributed by atoms with Crippen LogP contribution in [-0.2, 0) is 11.8 Å². The van der Waals surface area contributed by atoms with Gasteiger partial charge in [-0.25, -0.2) is 0 Å². The fraction of sp³-hybridized carbons (Fsp3) is 0.273. The summed E-state index contributed by atoms with van der Waals surface area (Å²) in [4.78, 5) is 13.9. The van der Waals surface area contributed by atoms with Gasteiger partial charge in [-0.3, -0.25) is 9.48 Å². The van der Waals surface area contributed by atoms with Gasteiger partial charge in [0.05, 0.1) is 6.61 Å². The fourth-order valence-electron chi connectivity index (χ4n) is 2.80. The van der Waals surface area contributed by atoms with Crippen LogP contribution in [0.4, 0.5) is 5.82 Å². The van der Waals surface area contributed by atoms with E-state index in [-0.39, 0.29) is 12.0 Å². The first-order valence-corrected chi connectivity index (χ1v) is 10.6. The maximum Gasteiger partial charge on any atom is 0.257 e. The molecule has 0 saturated carbocycles. The van der Waals surface area contributed by atoms with Crippen molar-refractivity contribution in [1.29, 1.82) is 0 Å². The number of nitrogens with zero attached hydrogens (tertiary/aromatic N) is 2. The van der Waals surface area contributed by atoms with E-state index < -0.39 is 0 Å². The number of methoxy groups -OCH3 is 1. The maximum atomic E-state index is 12.8. The normalized spacial score (nSPS) is 11.7. The molecule has 0 fully saturated rings. The van der Waals surface area contributed by atoms with E-state index in [0.29, 0.717) is 35.2 Å². The van der Waals surface area contributed by atoms with Gasteiger partial charge in [-0.15, -0.1) is 11.8 Å². The van der Waals surface area contributed by atoms with E-state index in [1.54, 1.807) is 61.1 Å². The Balaban J connectivity index is 1.87. The average molecular weight is 428 g/mol. The first kappa shape index (κ1) is 21.7. The first-order valence-electron chi connectivity index (χ1n) is 9.40. The monoisotopic (exact) mass is 427 g/mol. The molecule has 0 aliphatic carbocycles. The minimum Gasteiger partial charge on any atom is -0.488 e. The van der Waals surface area contributed by atoms with Crippen molar-refractivity contribution in [3.63, 3.8) is 0 Å². The molecular weight excluding hydrogens is 402 g/mol. The topological polar surface area (TPSA) is 74.6 Å². The number of thioether (sulfide) groups is 1. The zero-order chi connectivity index (χ0) is 21.5. The Kier molecular flexibility index (Phi) is 7.37. The molecule has 0 unspecified atom stereocenters. The number of anilines is 1. The van der Waals surface area contributed by atoms with Crippen molar-refractivity contribution in [2.45, 2.75) is 17.9 Å². The molecule has 158 valence electrons. The van der Waals surface area contributed by atoms with Crippen molar-refractivity contribution >= 4 is 23.5 Å². The number of rotatable bonds is 9. The maximum absolute atomic E-state index is 12.8. The van der Waals surface area contributed by atoms with Crippen LogP contribution < -0.4 is 14.8 Å². The van der Waals surface area contributed by atoms with Gasteiger partial charge in [-0.2, -0.15) is 5.10 Å². The molecule has 1 N–H and O–H groups in total. The van der Waals surface area contributed by atoms with Gasteiger partial charge in [-0.05, 0) is 43.5 Å². The second-order valence-electron chi connectivity index (χ2n) is 6.69. The summed E-state index contributed by atoms with van der Waals surface area (Å²) in [5.74, 6) is 1.86. The predicted octanol–water partition coefficient (Wildman–Crippen LogP) is 4.60. The molecule has 0 aliphatic rings. The molecule has 7 nitrogen and oxygen atoms in total. The van der Waals surface area contributed by atoms with Gasteiger partial charge in [0.25, 0.3) is 5.91 Å². The molecule has 8 heteroatoms. The third-order valence-electron chi connectivity index (χ3n) is 4.11. The molecule has 0 spiro atoms. The van der Waals surface area contributed by atoms with E-state index in [9.17, 15) is 4.79 Å². The lowest BCUT2D eigenvalue weighted by atomic mass is 10.2. The highest BCUT2D eigenvalue weighted by atomic mass is 32.2. The molecule has 1 heterocycles. The second kappa shape index (κ2) is 10.2. The van der Waals surface area contributed by atoms with Crippen molar-refractivity contribution in [2.24, 2.45) is 7.05 Å². The van der Waals surface area contributed by atoms with Gasteiger partial charge in [0, 0.05) is 42.9 Å². The van der Waals surface area contributed by atoms with Crippen molar-refractivity contribution in [3.05, 3.63) is 60.3 Å². The summed E-state index contributed by atoms with van der Waals surface area (Å²) < 4.78 is 18.7. The van der Waals surface area contributed by atoms with Gasteiger partial charge in [0.2, 0.25) is 0 Å². The Labute approximate surface area is 180 Å². The van der Waals surface area contributed by atoms with Crippen LogP contribution in [0.3, 0.4) is 0 Å². The Morgan fingerprint density at radius 2 is 1.97 bits per heavy atom. The predicted molar refractivity (Wildman–Crippen MR) is 118 cm³/mol. The number of nitrogens with one attached hydrogen (secondary N) is 1. The molecule has 0 aliphatic heterocycles. The number of ether oxygens (including phenoxy) is 3. The van der Waals surface area contributed by atoms with Crippen molar-refractivity contribution < 1.29 is 19.0 Å². The number of carbonyl (C=O) groups excluding carboxylic acids is 1. The quantitative estimate of drug-likeness (QED) is 0.503. The molecule has 30 heavy (non-hydrogen) atoms. The molecule has 1 amide bonds. The summed E-state index contributed by atoms with van der Waals surface area (Å²) in [6.07, 6.45) is 3.58. The number of aromatic nitrogens is 2. The third kappa shape index (κ3) is 6.01. The average Bonchev–Trinajstić information content (AvgIpc) is 3.12. The van der Waals surface area contributed by atoms with E-state index >= 15 is 0 Å². The number of hydrogen-bond donors (Lipinski definition) is 1. The van der Waals surface area contributed by atoms with Gasteiger partial charge in [-0.1, -0.05) is 6.07 Å². The highest BCUT2D eigenvalue weighted by Gasteiger charge is 2.14. The standard InChI is InChI=1S/C22H25N3O4S/c1-15(14-27-3)28-18-10-16(22(26)23-21-8-9-25(2)24-21)11-19(12-18)29-17-6-5-7-20(13-17)30-4/h5-13,15H,14H2,1-4H3,(H,23,24,26)/t15-/m0/s1. The summed E-state index contributed by atoms with van der Waals surface area (Å²) in [6.45, 7) is 2.32. The summed E-state index contributed by atoms with van der Waals surface area (Å²) in [5.41, 5.74) is 0.402. The molecular formula is C22H25N3O4S. The lowest BCUT2D eigenvalue weighted by Crippen LogP contribution is -2.18. The largest absolute Gasteiger partial charge is 0.488 e.